The van der Waals surface area contributed by atoms with Crippen LogP contribution in [-0.4, -0.2) is 12.6 Å². The first kappa shape index (κ1) is 12.6. The molecule has 0 aromatic heterocycles. The summed E-state index contributed by atoms with van der Waals surface area (Å²) in [7, 11) is 0. The average Bonchev–Trinajstić information content (AvgIpc) is 2.20. The molecule has 3 heteroatoms. The van der Waals surface area contributed by atoms with E-state index in [0.717, 1.165) is 11.3 Å². The molecule has 1 aromatic carbocycles. The van der Waals surface area contributed by atoms with Crippen molar-refractivity contribution in [2.75, 3.05) is 6.61 Å². The minimum atomic E-state index is -1.03. The third-order valence-electron chi connectivity index (χ3n) is 2.47. The molecule has 0 aliphatic carbocycles. The molecule has 0 radical (unpaired) electrons. The fourth-order valence-electron chi connectivity index (χ4n) is 1.73. The summed E-state index contributed by atoms with van der Waals surface area (Å²) in [5.41, 5.74) is 0.762. The molecule has 1 rings (SSSR count). The molecule has 0 saturated heterocycles. The quantitative estimate of drug-likeness (QED) is 0.758. The Morgan fingerprint density at radius 1 is 1.31 bits per heavy atom. The highest BCUT2D eigenvalue weighted by atomic mass is 16.5. The number of carboxylic acids is 1. The zero-order valence-electron chi connectivity index (χ0n) is 9.90. The monoisotopic (exact) mass is 221 g/mol. The van der Waals surface area contributed by atoms with Crippen LogP contribution in [0.25, 0.3) is 0 Å². The second-order valence-corrected chi connectivity index (χ2v) is 4.04. The Morgan fingerprint density at radius 2 is 1.88 bits per heavy atom. The molecule has 0 aliphatic rings. The second kappa shape index (κ2) is 5.54. The van der Waals surface area contributed by atoms with Crippen LogP contribution < -0.4 is 9.84 Å². The number of carbonyl (C=O) groups excluding carboxylic acids is 1. The Kier molecular flexibility index (Phi) is 4.35. The van der Waals surface area contributed by atoms with Crippen molar-refractivity contribution in [3.8, 4) is 5.75 Å². The zero-order chi connectivity index (χ0) is 12.1. The van der Waals surface area contributed by atoms with Gasteiger partial charge in [0.05, 0.1) is 6.61 Å². The van der Waals surface area contributed by atoms with E-state index in [9.17, 15) is 9.90 Å². The number of carbonyl (C=O) groups is 1. The number of hydrogen-bond donors (Lipinski definition) is 0. The molecule has 0 fully saturated rings. The Hall–Kier alpha value is -1.51. The van der Waals surface area contributed by atoms with Crippen molar-refractivity contribution in [1.29, 1.82) is 0 Å². The fraction of sp³-hybridized carbons (Fsp3) is 0.462. The number of aliphatic carboxylic acids is 1. The molecular formula is C13H17O3-. The van der Waals surface area contributed by atoms with E-state index in [4.69, 9.17) is 4.74 Å². The summed E-state index contributed by atoms with van der Waals surface area (Å²) in [6.45, 7) is 6.26. The van der Waals surface area contributed by atoms with Crippen LogP contribution in [0.5, 0.6) is 5.75 Å². The van der Waals surface area contributed by atoms with Crippen LogP contribution >= 0.6 is 0 Å². The van der Waals surface area contributed by atoms with Crippen molar-refractivity contribution >= 4 is 5.97 Å². The topological polar surface area (TPSA) is 49.4 Å². The van der Waals surface area contributed by atoms with Gasteiger partial charge in [-0.2, -0.15) is 0 Å². The van der Waals surface area contributed by atoms with Crippen molar-refractivity contribution in [2.45, 2.75) is 26.7 Å². The molecule has 0 aliphatic heterocycles. The normalized spacial score (nSPS) is 12.5. The number of hydrogen-bond acceptors (Lipinski definition) is 3. The van der Waals surface area contributed by atoms with Gasteiger partial charge in [-0.15, -0.1) is 0 Å². The maximum absolute atomic E-state index is 11.0. The molecule has 0 bridgehead atoms. The van der Waals surface area contributed by atoms with Gasteiger partial charge in [0.25, 0.3) is 0 Å². The van der Waals surface area contributed by atoms with Gasteiger partial charge in [-0.05, 0) is 30.5 Å². The zero-order valence-corrected chi connectivity index (χ0v) is 9.90. The molecule has 88 valence electrons. The lowest BCUT2D eigenvalue weighted by Crippen LogP contribution is -2.32. The summed E-state index contributed by atoms with van der Waals surface area (Å²) >= 11 is 0. The van der Waals surface area contributed by atoms with Crippen molar-refractivity contribution in [3.05, 3.63) is 29.8 Å². The average molecular weight is 221 g/mol. The Bertz CT molecular complexity index is 341. The van der Waals surface area contributed by atoms with Crippen molar-refractivity contribution in [3.63, 3.8) is 0 Å². The molecule has 1 atom stereocenters. The van der Waals surface area contributed by atoms with E-state index in [1.165, 1.54) is 0 Å². The van der Waals surface area contributed by atoms with E-state index >= 15 is 0 Å². The summed E-state index contributed by atoms with van der Waals surface area (Å²) in [6.07, 6.45) is 0. The van der Waals surface area contributed by atoms with Crippen LogP contribution in [0.4, 0.5) is 0 Å². The molecule has 0 amide bonds. The maximum atomic E-state index is 11.0. The van der Waals surface area contributed by atoms with Crippen molar-refractivity contribution in [2.24, 2.45) is 5.92 Å². The first-order valence-electron chi connectivity index (χ1n) is 5.49. The van der Waals surface area contributed by atoms with E-state index in [1.54, 1.807) is 24.3 Å². The highest BCUT2D eigenvalue weighted by molar-refractivity contribution is 5.74. The predicted octanol–water partition coefficient (Wildman–Crippen LogP) is 1.57. The first-order chi connectivity index (χ1) is 7.56. The van der Waals surface area contributed by atoms with Crippen molar-refractivity contribution < 1.29 is 14.6 Å². The highest BCUT2D eigenvalue weighted by Gasteiger charge is 2.16. The van der Waals surface area contributed by atoms with E-state index < -0.39 is 11.9 Å². The second-order valence-electron chi connectivity index (χ2n) is 4.04. The summed E-state index contributed by atoms with van der Waals surface area (Å²) in [5.74, 6) is -0.815. The smallest absolute Gasteiger partial charge is 0.119 e. The molecule has 1 unspecified atom stereocenters. The van der Waals surface area contributed by atoms with Gasteiger partial charge in [-0.1, -0.05) is 26.0 Å². The molecule has 0 N–H and O–H groups in total. The van der Waals surface area contributed by atoms with Crippen LogP contribution in [0.3, 0.4) is 0 Å². The van der Waals surface area contributed by atoms with Crippen LogP contribution in [0.2, 0.25) is 0 Å². The maximum Gasteiger partial charge on any atom is 0.119 e. The molecule has 16 heavy (non-hydrogen) atoms. The fourth-order valence-corrected chi connectivity index (χ4v) is 1.73. The molecule has 1 aromatic rings. The van der Waals surface area contributed by atoms with E-state index in [2.05, 4.69) is 0 Å². The van der Waals surface area contributed by atoms with Gasteiger partial charge in [-0.3, -0.25) is 0 Å². The van der Waals surface area contributed by atoms with Gasteiger partial charge in [-0.25, -0.2) is 0 Å². The summed E-state index contributed by atoms with van der Waals surface area (Å²) in [6, 6.07) is 7.14. The SMILES string of the molecule is CCOc1ccc(C(C(=O)[O-])C(C)C)cc1. The lowest BCUT2D eigenvalue weighted by Gasteiger charge is -2.22. The predicted molar refractivity (Wildman–Crippen MR) is 60.2 cm³/mol. The van der Waals surface area contributed by atoms with Crippen LogP contribution in [0.15, 0.2) is 24.3 Å². The molecule has 0 spiro atoms. The minimum absolute atomic E-state index is 0.0166. The van der Waals surface area contributed by atoms with Crippen LogP contribution in [0.1, 0.15) is 32.3 Å². The van der Waals surface area contributed by atoms with Gasteiger partial charge in [0.15, 0.2) is 0 Å². The van der Waals surface area contributed by atoms with Gasteiger partial charge < -0.3 is 14.6 Å². The Balaban J connectivity index is 2.90. The standard InChI is InChI=1S/C13H18O3/c1-4-16-11-7-5-10(6-8-11)12(9(2)3)13(14)15/h5-9,12H,4H2,1-3H3,(H,14,15)/p-1. The highest BCUT2D eigenvalue weighted by Crippen LogP contribution is 2.25. The van der Waals surface area contributed by atoms with Crippen molar-refractivity contribution in [1.82, 2.24) is 0 Å². The van der Waals surface area contributed by atoms with Gasteiger partial charge >= 0.3 is 0 Å². The Labute approximate surface area is 96.1 Å². The lowest BCUT2D eigenvalue weighted by atomic mass is 9.88. The van der Waals surface area contributed by atoms with E-state index in [-0.39, 0.29) is 5.92 Å². The number of carboxylic acid groups (broad SMARTS) is 1. The number of ether oxygens (including phenoxy) is 1. The van der Waals surface area contributed by atoms with E-state index in [1.807, 2.05) is 20.8 Å². The number of rotatable bonds is 5. The number of benzene rings is 1. The van der Waals surface area contributed by atoms with E-state index in [0.29, 0.717) is 6.61 Å². The molecular weight excluding hydrogens is 204 g/mol. The largest absolute Gasteiger partial charge is 0.549 e. The first-order valence-corrected chi connectivity index (χ1v) is 5.49. The summed E-state index contributed by atoms with van der Waals surface area (Å²) < 4.78 is 5.30. The molecule has 0 heterocycles. The minimum Gasteiger partial charge on any atom is -0.549 e. The van der Waals surface area contributed by atoms with Crippen LogP contribution in [0, 0.1) is 5.92 Å². The molecule has 0 saturated carbocycles. The van der Waals surface area contributed by atoms with Gasteiger partial charge in [0.2, 0.25) is 0 Å². The van der Waals surface area contributed by atoms with Gasteiger partial charge in [0.1, 0.15) is 5.75 Å². The van der Waals surface area contributed by atoms with Gasteiger partial charge in [0, 0.05) is 11.9 Å². The lowest BCUT2D eigenvalue weighted by molar-refractivity contribution is -0.309. The van der Waals surface area contributed by atoms with Crippen LogP contribution in [-0.2, 0) is 4.79 Å². The summed E-state index contributed by atoms with van der Waals surface area (Å²) in [5, 5.41) is 11.0. The third-order valence-corrected chi connectivity index (χ3v) is 2.47. The Morgan fingerprint density at radius 3 is 2.25 bits per heavy atom. The summed E-state index contributed by atoms with van der Waals surface area (Å²) in [4.78, 5) is 11.0. The molecule has 3 nitrogen and oxygen atoms in total. The third kappa shape index (κ3) is 2.99.